The topological polar surface area (TPSA) is 47.9 Å². The summed E-state index contributed by atoms with van der Waals surface area (Å²) in [5.74, 6) is 0.819. The molecule has 4 nitrogen and oxygen atoms in total. The molecule has 0 saturated heterocycles. The average molecular weight is 361 g/mol. The molecule has 140 valence electrons. The highest BCUT2D eigenvalue weighted by Crippen LogP contribution is 2.26. The number of pyridine rings is 3. The average Bonchev–Trinajstić information content (AvgIpc) is 2.74. The van der Waals surface area contributed by atoms with E-state index in [1.54, 1.807) is 12.4 Å². The molecule has 0 saturated carbocycles. The van der Waals surface area contributed by atoms with E-state index in [0.29, 0.717) is 0 Å². The minimum atomic E-state index is 0.722. The van der Waals surface area contributed by atoms with Crippen molar-refractivity contribution >= 4 is 0 Å². The molecule has 0 fully saturated rings. The molecule has 3 rings (SSSR count). The van der Waals surface area contributed by atoms with Crippen LogP contribution in [0, 0.1) is 0 Å². The Bertz CT molecular complexity index is 749. The molecule has 0 amide bonds. The number of unbranched alkanes of at least 4 members (excludes halogenated alkanes) is 5. The zero-order valence-corrected chi connectivity index (χ0v) is 16.0. The standard InChI is InChI=1S/C23H27N3O/c1-2-3-4-5-6-11-16-27-19-17-22(20-12-7-9-14-24-20)26-23(18-19)21-13-8-10-15-25-21/h7-10,12-15,17-18H,2-6,11,16H2,1H3. The van der Waals surface area contributed by atoms with Crippen molar-refractivity contribution in [3.8, 4) is 28.5 Å². The summed E-state index contributed by atoms with van der Waals surface area (Å²) < 4.78 is 6.04. The van der Waals surface area contributed by atoms with Crippen molar-refractivity contribution in [2.45, 2.75) is 45.4 Å². The fourth-order valence-electron chi connectivity index (χ4n) is 2.95. The van der Waals surface area contributed by atoms with E-state index in [9.17, 15) is 0 Å². The van der Waals surface area contributed by atoms with Gasteiger partial charge in [-0.3, -0.25) is 9.97 Å². The van der Waals surface area contributed by atoms with Crippen LogP contribution >= 0.6 is 0 Å². The van der Waals surface area contributed by atoms with Gasteiger partial charge in [0.25, 0.3) is 0 Å². The maximum Gasteiger partial charge on any atom is 0.123 e. The molecule has 0 unspecified atom stereocenters. The number of rotatable bonds is 10. The molecule has 0 spiro atoms. The van der Waals surface area contributed by atoms with E-state index in [0.717, 1.165) is 41.6 Å². The van der Waals surface area contributed by atoms with Crippen LogP contribution < -0.4 is 4.74 Å². The molecule has 3 aromatic rings. The molecule has 0 bridgehead atoms. The van der Waals surface area contributed by atoms with Gasteiger partial charge in [-0.15, -0.1) is 0 Å². The number of aromatic nitrogens is 3. The van der Waals surface area contributed by atoms with E-state index in [1.807, 2.05) is 48.5 Å². The number of hydrogen-bond acceptors (Lipinski definition) is 4. The second-order valence-corrected chi connectivity index (χ2v) is 6.62. The Morgan fingerprint density at radius 1 is 0.704 bits per heavy atom. The lowest BCUT2D eigenvalue weighted by Crippen LogP contribution is -2.00. The van der Waals surface area contributed by atoms with Crippen LogP contribution in [0.2, 0.25) is 0 Å². The second-order valence-electron chi connectivity index (χ2n) is 6.62. The fourth-order valence-corrected chi connectivity index (χ4v) is 2.95. The molecule has 0 aromatic carbocycles. The molecule has 0 aliphatic rings. The van der Waals surface area contributed by atoms with Crippen LogP contribution in [0.3, 0.4) is 0 Å². The van der Waals surface area contributed by atoms with Crippen LogP contribution in [-0.4, -0.2) is 21.6 Å². The Balaban J connectivity index is 1.73. The Kier molecular flexibility index (Phi) is 7.34. The van der Waals surface area contributed by atoms with E-state index < -0.39 is 0 Å². The highest BCUT2D eigenvalue weighted by atomic mass is 16.5. The van der Waals surface area contributed by atoms with E-state index in [2.05, 4.69) is 16.9 Å². The Hall–Kier alpha value is -2.75. The van der Waals surface area contributed by atoms with Gasteiger partial charge in [0.1, 0.15) is 5.75 Å². The molecule has 4 heteroatoms. The minimum Gasteiger partial charge on any atom is -0.493 e. The molecular formula is C23H27N3O. The first-order chi connectivity index (χ1) is 13.4. The van der Waals surface area contributed by atoms with Crippen LogP contribution in [0.4, 0.5) is 0 Å². The summed E-state index contributed by atoms with van der Waals surface area (Å²) in [4.78, 5) is 13.6. The van der Waals surface area contributed by atoms with Crippen molar-refractivity contribution in [2.75, 3.05) is 6.61 Å². The van der Waals surface area contributed by atoms with Crippen LogP contribution in [-0.2, 0) is 0 Å². The predicted molar refractivity (Wildman–Crippen MR) is 110 cm³/mol. The SMILES string of the molecule is CCCCCCCCOc1cc(-c2ccccn2)nc(-c2ccccn2)c1. The van der Waals surface area contributed by atoms with E-state index in [1.165, 1.54) is 32.1 Å². The summed E-state index contributed by atoms with van der Waals surface area (Å²) in [5.41, 5.74) is 3.27. The van der Waals surface area contributed by atoms with Gasteiger partial charge in [0.05, 0.1) is 29.4 Å². The third-order valence-electron chi connectivity index (χ3n) is 4.42. The normalized spacial score (nSPS) is 10.7. The van der Waals surface area contributed by atoms with Crippen LogP contribution in [0.15, 0.2) is 60.9 Å². The summed E-state index contributed by atoms with van der Waals surface area (Å²) >= 11 is 0. The van der Waals surface area contributed by atoms with Gasteiger partial charge < -0.3 is 4.74 Å². The second kappa shape index (κ2) is 10.4. The van der Waals surface area contributed by atoms with E-state index in [-0.39, 0.29) is 0 Å². The van der Waals surface area contributed by atoms with Crippen LogP contribution in [0.5, 0.6) is 5.75 Å². The predicted octanol–water partition coefficient (Wildman–Crippen LogP) is 5.94. The third-order valence-corrected chi connectivity index (χ3v) is 4.42. The molecule has 27 heavy (non-hydrogen) atoms. The lowest BCUT2D eigenvalue weighted by atomic mass is 10.1. The molecule has 0 N–H and O–H groups in total. The van der Waals surface area contributed by atoms with Gasteiger partial charge >= 0.3 is 0 Å². The summed E-state index contributed by atoms with van der Waals surface area (Å²) in [5, 5.41) is 0. The van der Waals surface area contributed by atoms with Crippen molar-refractivity contribution in [3.63, 3.8) is 0 Å². The maximum atomic E-state index is 6.04. The van der Waals surface area contributed by atoms with Gasteiger partial charge in [-0.2, -0.15) is 0 Å². The molecule has 3 aromatic heterocycles. The van der Waals surface area contributed by atoms with Gasteiger partial charge in [-0.25, -0.2) is 4.98 Å². The van der Waals surface area contributed by atoms with Crippen LogP contribution in [0.25, 0.3) is 22.8 Å². The summed E-state index contributed by atoms with van der Waals surface area (Å²) in [7, 11) is 0. The first kappa shape index (κ1) is 19.0. The van der Waals surface area contributed by atoms with Gasteiger partial charge in [0.15, 0.2) is 0 Å². The van der Waals surface area contributed by atoms with Gasteiger partial charge in [0.2, 0.25) is 0 Å². The van der Waals surface area contributed by atoms with Crippen molar-refractivity contribution in [1.29, 1.82) is 0 Å². The quantitative estimate of drug-likeness (QED) is 0.419. The Morgan fingerprint density at radius 3 is 1.85 bits per heavy atom. The van der Waals surface area contributed by atoms with Crippen molar-refractivity contribution in [1.82, 2.24) is 15.0 Å². The highest BCUT2D eigenvalue weighted by Gasteiger charge is 2.09. The van der Waals surface area contributed by atoms with Gasteiger partial charge in [-0.05, 0) is 30.7 Å². The molecule has 0 aliphatic heterocycles. The van der Waals surface area contributed by atoms with Crippen LogP contribution in [0.1, 0.15) is 45.4 Å². The lowest BCUT2D eigenvalue weighted by Gasteiger charge is -2.10. The fraction of sp³-hybridized carbons (Fsp3) is 0.348. The maximum absolute atomic E-state index is 6.04. The summed E-state index contributed by atoms with van der Waals surface area (Å²) in [6, 6.07) is 15.6. The number of nitrogens with zero attached hydrogens (tertiary/aromatic N) is 3. The van der Waals surface area contributed by atoms with Crippen molar-refractivity contribution in [2.24, 2.45) is 0 Å². The molecule has 0 radical (unpaired) electrons. The Morgan fingerprint density at radius 2 is 1.30 bits per heavy atom. The monoisotopic (exact) mass is 361 g/mol. The summed E-state index contributed by atoms with van der Waals surface area (Å²) in [6.45, 7) is 2.96. The highest BCUT2D eigenvalue weighted by molar-refractivity contribution is 5.64. The van der Waals surface area contributed by atoms with Crippen molar-refractivity contribution < 1.29 is 4.74 Å². The van der Waals surface area contributed by atoms with Crippen molar-refractivity contribution in [3.05, 3.63) is 60.9 Å². The largest absolute Gasteiger partial charge is 0.493 e. The lowest BCUT2D eigenvalue weighted by molar-refractivity contribution is 0.304. The first-order valence-corrected chi connectivity index (χ1v) is 9.84. The number of ether oxygens (including phenoxy) is 1. The van der Waals surface area contributed by atoms with E-state index in [4.69, 9.17) is 9.72 Å². The molecule has 3 heterocycles. The smallest absolute Gasteiger partial charge is 0.123 e. The summed E-state index contributed by atoms with van der Waals surface area (Å²) in [6.07, 6.45) is 11.1. The third kappa shape index (κ3) is 5.88. The molecule has 0 aliphatic carbocycles. The minimum absolute atomic E-state index is 0.722. The first-order valence-electron chi connectivity index (χ1n) is 9.84. The van der Waals surface area contributed by atoms with Gasteiger partial charge in [0, 0.05) is 24.5 Å². The molecular weight excluding hydrogens is 334 g/mol. The van der Waals surface area contributed by atoms with E-state index >= 15 is 0 Å². The zero-order valence-electron chi connectivity index (χ0n) is 16.0. The zero-order chi connectivity index (χ0) is 18.7. The Labute approximate surface area is 161 Å². The van der Waals surface area contributed by atoms with Gasteiger partial charge in [-0.1, -0.05) is 51.2 Å². The number of hydrogen-bond donors (Lipinski definition) is 0. The molecule has 0 atom stereocenters.